The van der Waals surface area contributed by atoms with Crippen LogP contribution >= 0.6 is 0 Å². The Bertz CT molecular complexity index is 159. The van der Waals surface area contributed by atoms with E-state index in [9.17, 15) is 4.79 Å². The summed E-state index contributed by atoms with van der Waals surface area (Å²) in [6, 6.07) is 0. The highest BCUT2D eigenvalue weighted by Crippen LogP contribution is 1.88. The van der Waals surface area contributed by atoms with Gasteiger partial charge in [0.25, 0.3) is 0 Å². The van der Waals surface area contributed by atoms with Gasteiger partial charge in [0, 0.05) is 40.4 Å². The van der Waals surface area contributed by atoms with E-state index in [0.717, 1.165) is 32.7 Å². The van der Waals surface area contributed by atoms with Crippen LogP contribution < -0.4 is 5.32 Å². The van der Waals surface area contributed by atoms with Crippen molar-refractivity contribution in [1.29, 1.82) is 0 Å². The number of hydrogen-bond acceptors (Lipinski definition) is 4. The zero-order valence-electron chi connectivity index (χ0n) is 12.3. The fourth-order valence-corrected chi connectivity index (χ4v) is 0.993. The lowest BCUT2D eigenvalue weighted by Crippen LogP contribution is -2.17. The van der Waals surface area contributed by atoms with Gasteiger partial charge in [-0.3, -0.25) is 4.79 Å². The summed E-state index contributed by atoms with van der Waals surface area (Å²) in [6.45, 7) is 7.73. The van der Waals surface area contributed by atoms with Gasteiger partial charge in [0.1, 0.15) is 0 Å². The molecule has 0 aliphatic rings. The van der Waals surface area contributed by atoms with Crippen LogP contribution in [-0.4, -0.2) is 53.1 Å². The summed E-state index contributed by atoms with van der Waals surface area (Å²) in [4.78, 5) is 10.6. The summed E-state index contributed by atoms with van der Waals surface area (Å²) in [7, 11) is 3.32. The second-order valence-electron chi connectivity index (χ2n) is 3.58. The van der Waals surface area contributed by atoms with E-state index in [2.05, 4.69) is 12.2 Å². The molecular formula is C13H29NO4. The van der Waals surface area contributed by atoms with E-state index in [1.165, 1.54) is 0 Å². The summed E-state index contributed by atoms with van der Waals surface area (Å²) in [5, 5.41) is 2.55. The quantitative estimate of drug-likeness (QED) is 0.608. The molecule has 0 bridgehead atoms. The molecule has 0 unspecified atom stereocenters. The summed E-state index contributed by atoms with van der Waals surface area (Å²) < 4.78 is 14.9. The van der Waals surface area contributed by atoms with Crippen LogP contribution in [0.1, 0.15) is 33.1 Å². The summed E-state index contributed by atoms with van der Waals surface area (Å²) in [5.74, 6) is 0.0831. The Morgan fingerprint density at radius 2 is 1.78 bits per heavy atom. The topological polar surface area (TPSA) is 56.8 Å². The molecule has 0 aliphatic carbocycles. The van der Waals surface area contributed by atoms with Crippen LogP contribution in [0.15, 0.2) is 0 Å². The fraction of sp³-hybridized carbons (Fsp3) is 0.923. The lowest BCUT2D eigenvalue weighted by molar-refractivity contribution is -0.120. The number of methoxy groups -OCH3 is 1. The molecule has 5 nitrogen and oxygen atoms in total. The molecule has 0 saturated heterocycles. The first-order valence-electron chi connectivity index (χ1n) is 6.57. The third-order valence-corrected chi connectivity index (χ3v) is 1.96. The van der Waals surface area contributed by atoms with Gasteiger partial charge in [-0.25, -0.2) is 0 Å². The number of ether oxygens (including phenoxy) is 3. The van der Waals surface area contributed by atoms with Crippen molar-refractivity contribution in [3.63, 3.8) is 0 Å². The predicted molar refractivity (Wildman–Crippen MR) is 72.8 cm³/mol. The van der Waals surface area contributed by atoms with Crippen molar-refractivity contribution in [2.75, 3.05) is 47.2 Å². The molecule has 1 amide bonds. The highest BCUT2D eigenvalue weighted by molar-refractivity contribution is 5.75. The van der Waals surface area contributed by atoms with Crippen molar-refractivity contribution in [2.45, 2.75) is 33.1 Å². The van der Waals surface area contributed by atoms with Crippen LogP contribution in [0.3, 0.4) is 0 Å². The zero-order valence-corrected chi connectivity index (χ0v) is 12.3. The monoisotopic (exact) mass is 263 g/mol. The maximum absolute atomic E-state index is 10.6. The molecule has 5 heteroatoms. The van der Waals surface area contributed by atoms with E-state index in [0.29, 0.717) is 19.6 Å². The van der Waals surface area contributed by atoms with Gasteiger partial charge < -0.3 is 19.5 Å². The van der Waals surface area contributed by atoms with Crippen LogP contribution in [0.2, 0.25) is 0 Å². The molecule has 18 heavy (non-hydrogen) atoms. The lowest BCUT2D eigenvalue weighted by Gasteiger charge is -1.99. The van der Waals surface area contributed by atoms with Gasteiger partial charge in [0.2, 0.25) is 5.91 Å². The summed E-state index contributed by atoms with van der Waals surface area (Å²) in [6.07, 6.45) is 2.47. The number of rotatable bonds is 10. The number of nitrogens with one attached hydrogen (secondary N) is 1. The standard InChI is InChI=1S/C7H15NO2.C6H14O2/c1-3-10-6-4-5-7(9)8-2;1-3-4-8-6-5-7-2/h3-6H2,1-2H3,(H,8,9);3-6H2,1-2H3. The molecule has 0 aromatic carbocycles. The van der Waals surface area contributed by atoms with E-state index in [1.807, 2.05) is 6.92 Å². The number of amides is 1. The Hall–Kier alpha value is -0.650. The van der Waals surface area contributed by atoms with Gasteiger partial charge >= 0.3 is 0 Å². The van der Waals surface area contributed by atoms with Crippen LogP contribution in [-0.2, 0) is 19.0 Å². The van der Waals surface area contributed by atoms with Crippen molar-refractivity contribution in [3.05, 3.63) is 0 Å². The Labute approximate surface area is 111 Å². The predicted octanol–water partition coefficient (Wildman–Crippen LogP) is 1.61. The SMILES string of the molecule is CCCOCCOC.CCOCCCC(=O)NC. The van der Waals surface area contributed by atoms with Gasteiger partial charge in [0.05, 0.1) is 13.2 Å². The van der Waals surface area contributed by atoms with E-state index >= 15 is 0 Å². The Morgan fingerprint density at radius 1 is 1.06 bits per heavy atom. The highest BCUT2D eigenvalue weighted by Gasteiger charge is 1.95. The van der Waals surface area contributed by atoms with E-state index in [1.54, 1.807) is 14.2 Å². The Morgan fingerprint density at radius 3 is 2.28 bits per heavy atom. The molecule has 0 aromatic heterocycles. The van der Waals surface area contributed by atoms with Gasteiger partial charge in [-0.05, 0) is 19.8 Å². The van der Waals surface area contributed by atoms with Crippen molar-refractivity contribution in [1.82, 2.24) is 5.32 Å². The largest absolute Gasteiger partial charge is 0.382 e. The van der Waals surface area contributed by atoms with Gasteiger partial charge in [-0.1, -0.05) is 6.92 Å². The molecule has 1 N–H and O–H groups in total. The zero-order chi connectivity index (χ0) is 14.1. The van der Waals surface area contributed by atoms with Crippen LogP contribution in [0, 0.1) is 0 Å². The smallest absolute Gasteiger partial charge is 0.219 e. The molecule has 0 saturated carbocycles. The molecule has 0 radical (unpaired) electrons. The molecular weight excluding hydrogens is 234 g/mol. The Balaban J connectivity index is 0. The van der Waals surface area contributed by atoms with Crippen molar-refractivity contribution >= 4 is 5.91 Å². The Kier molecular flexibility index (Phi) is 20.5. The van der Waals surface area contributed by atoms with E-state index < -0.39 is 0 Å². The average Bonchev–Trinajstić information content (AvgIpc) is 2.40. The van der Waals surface area contributed by atoms with Crippen LogP contribution in [0.4, 0.5) is 0 Å². The average molecular weight is 263 g/mol. The first-order chi connectivity index (χ1) is 8.72. The van der Waals surface area contributed by atoms with Crippen LogP contribution in [0.25, 0.3) is 0 Å². The van der Waals surface area contributed by atoms with E-state index in [4.69, 9.17) is 14.2 Å². The third-order valence-electron chi connectivity index (χ3n) is 1.96. The third kappa shape index (κ3) is 20.7. The molecule has 110 valence electrons. The minimum absolute atomic E-state index is 0.0831. The van der Waals surface area contributed by atoms with Gasteiger partial charge in [-0.2, -0.15) is 0 Å². The fourth-order valence-electron chi connectivity index (χ4n) is 0.993. The second-order valence-corrected chi connectivity index (χ2v) is 3.58. The van der Waals surface area contributed by atoms with E-state index in [-0.39, 0.29) is 5.91 Å². The summed E-state index contributed by atoms with van der Waals surface area (Å²) in [5.41, 5.74) is 0. The van der Waals surface area contributed by atoms with Crippen molar-refractivity contribution < 1.29 is 19.0 Å². The molecule has 0 heterocycles. The molecule has 0 atom stereocenters. The first kappa shape index (κ1) is 19.7. The first-order valence-corrected chi connectivity index (χ1v) is 6.57. The summed E-state index contributed by atoms with van der Waals surface area (Å²) >= 11 is 0. The minimum Gasteiger partial charge on any atom is -0.382 e. The molecule has 0 aromatic rings. The van der Waals surface area contributed by atoms with Crippen molar-refractivity contribution in [2.24, 2.45) is 0 Å². The molecule has 0 aliphatic heterocycles. The van der Waals surface area contributed by atoms with Crippen molar-refractivity contribution in [3.8, 4) is 0 Å². The maximum Gasteiger partial charge on any atom is 0.219 e. The van der Waals surface area contributed by atoms with Gasteiger partial charge in [-0.15, -0.1) is 0 Å². The maximum atomic E-state index is 10.6. The normalized spacial score (nSPS) is 9.56. The number of hydrogen-bond donors (Lipinski definition) is 1. The molecule has 0 rings (SSSR count). The van der Waals surface area contributed by atoms with Crippen LogP contribution in [0.5, 0.6) is 0 Å². The second kappa shape index (κ2) is 18.7. The molecule has 0 spiro atoms. The minimum atomic E-state index is 0.0831. The highest BCUT2D eigenvalue weighted by atomic mass is 16.5. The molecule has 0 fully saturated rings. The number of carbonyl (C=O) groups is 1. The van der Waals surface area contributed by atoms with Gasteiger partial charge in [0.15, 0.2) is 0 Å². The number of carbonyl (C=O) groups excluding carboxylic acids is 1. The lowest BCUT2D eigenvalue weighted by atomic mass is 10.3.